The lowest BCUT2D eigenvalue weighted by atomic mass is 9.96. The summed E-state index contributed by atoms with van der Waals surface area (Å²) in [5.41, 5.74) is 3.11. The van der Waals surface area contributed by atoms with E-state index in [1.54, 1.807) is 12.5 Å². The van der Waals surface area contributed by atoms with Crippen molar-refractivity contribution in [3.63, 3.8) is 0 Å². The van der Waals surface area contributed by atoms with Crippen molar-refractivity contribution in [2.24, 2.45) is 5.92 Å². The fourth-order valence-electron chi connectivity index (χ4n) is 5.16. The zero-order valence-corrected chi connectivity index (χ0v) is 26.1. The van der Waals surface area contributed by atoms with E-state index in [1.807, 2.05) is 40.0 Å². The Balaban J connectivity index is 1.34. The summed E-state index contributed by atoms with van der Waals surface area (Å²) in [5.74, 6) is 0.907. The van der Waals surface area contributed by atoms with Gasteiger partial charge in [0.05, 0.1) is 30.4 Å². The van der Waals surface area contributed by atoms with E-state index in [2.05, 4.69) is 79.3 Å². The Morgan fingerprint density at radius 1 is 1.20 bits per heavy atom. The first-order valence-corrected chi connectivity index (χ1v) is 18.2. The highest BCUT2D eigenvalue weighted by Gasteiger charge is 2.33. The minimum Gasteiger partial charge on any atom is -0.361 e. The van der Waals surface area contributed by atoms with E-state index in [1.165, 1.54) is 0 Å². The van der Waals surface area contributed by atoms with Crippen molar-refractivity contribution >= 4 is 47.5 Å². The molecule has 1 aliphatic rings. The molecule has 5 heterocycles. The van der Waals surface area contributed by atoms with Crippen LogP contribution in [0, 0.1) is 32.2 Å². The van der Waals surface area contributed by atoms with Gasteiger partial charge in [0.2, 0.25) is 0 Å². The second-order valence-corrected chi connectivity index (χ2v) is 18.1. The van der Waals surface area contributed by atoms with Gasteiger partial charge in [0, 0.05) is 66.8 Å². The van der Waals surface area contributed by atoms with Gasteiger partial charge in [-0.15, -0.1) is 0 Å². The van der Waals surface area contributed by atoms with Crippen molar-refractivity contribution < 1.29 is 4.74 Å². The lowest BCUT2D eigenvalue weighted by molar-refractivity contribution is 0.0899. The van der Waals surface area contributed by atoms with Crippen LogP contribution >= 0.6 is 22.6 Å². The summed E-state index contributed by atoms with van der Waals surface area (Å²) in [7, 11) is -1.15. The van der Waals surface area contributed by atoms with Crippen molar-refractivity contribution in [2.45, 2.75) is 51.3 Å². The molecule has 1 fully saturated rings. The van der Waals surface area contributed by atoms with Crippen LogP contribution in [0.2, 0.25) is 25.7 Å². The molecule has 0 saturated carbocycles. The molecule has 0 amide bonds. The van der Waals surface area contributed by atoms with Crippen molar-refractivity contribution in [1.29, 1.82) is 10.5 Å². The van der Waals surface area contributed by atoms with Crippen LogP contribution in [0.25, 0.3) is 22.3 Å². The van der Waals surface area contributed by atoms with E-state index in [9.17, 15) is 10.5 Å². The number of nitrogens with zero attached hydrogens (tertiary/aromatic N) is 9. The van der Waals surface area contributed by atoms with Crippen LogP contribution in [0.5, 0.6) is 0 Å². The van der Waals surface area contributed by atoms with E-state index in [4.69, 9.17) is 4.74 Å². The average molecular weight is 666 g/mol. The molecule has 0 aromatic carbocycles. The predicted molar refractivity (Wildman–Crippen MR) is 164 cm³/mol. The van der Waals surface area contributed by atoms with Crippen molar-refractivity contribution in [2.75, 3.05) is 24.6 Å². The molecular formula is C28H32IN9OSi. The third-order valence-electron chi connectivity index (χ3n) is 7.36. The van der Waals surface area contributed by atoms with Gasteiger partial charge in [-0.05, 0) is 47.2 Å². The Bertz CT molecular complexity index is 1580. The van der Waals surface area contributed by atoms with Gasteiger partial charge in [-0.2, -0.15) is 15.6 Å². The predicted octanol–water partition coefficient (Wildman–Crippen LogP) is 5.46. The summed E-state index contributed by atoms with van der Waals surface area (Å²) >= 11 is 2.18. The smallest absolute Gasteiger partial charge is 0.147 e. The summed E-state index contributed by atoms with van der Waals surface area (Å²) in [6, 6.07) is 9.54. The quantitative estimate of drug-likeness (QED) is 0.124. The number of aromatic nitrogens is 6. The first-order valence-electron chi connectivity index (χ1n) is 13.4. The SMILES string of the molecule is C[Si](C)(C)CCOCn1ccc2c(-c3cnn([C@@H](CC#N)[C@H]4CCN(c5nccc(I)c5C#N)C4)c3)ncnc21. The van der Waals surface area contributed by atoms with E-state index in [0.717, 1.165) is 51.5 Å². The van der Waals surface area contributed by atoms with Crippen LogP contribution in [0.1, 0.15) is 24.4 Å². The van der Waals surface area contributed by atoms with E-state index < -0.39 is 8.07 Å². The lowest BCUT2D eigenvalue weighted by Gasteiger charge is -2.23. The first-order chi connectivity index (χ1) is 19.3. The van der Waals surface area contributed by atoms with Gasteiger partial charge in [-0.3, -0.25) is 4.68 Å². The molecule has 0 spiro atoms. The van der Waals surface area contributed by atoms with Crippen molar-refractivity contribution in [3.05, 3.63) is 52.4 Å². The standard InChI is InChI=1S/C28H32IN9OSi/c1-40(2,3)13-12-39-19-37-11-7-22-26(33-18-34-27(22)37)21-15-35-38(17-21)25(4-8-30)20-6-10-36(16-20)28-23(14-31)24(29)5-9-32-28/h5,7,9,11,15,17-18,20,25H,4,6,10,12-13,16,19H2,1-3H3/t20-,25-/m0/s1. The second-order valence-electron chi connectivity index (χ2n) is 11.3. The number of halogens is 1. The van der Waals surface area contributed by atoms with E-state index in [-0.39, 0.29) is 12.0 Å². The van der Waals surface area contributed by atoms with Crippen LogP contribution < -0.4 is 4.90 Å². The number of fused-ring (bicyclic) bond motifs is 1. The first kappa shape index (κ1) is 28.2. The fraction of sp³-hybridized carbons (Fsp3) is 0.429. The molecule has 1 saturated heterocycles. The van der Waals surface area contributed by atoms with Crippen LogP contribution in [0.3, 0.4) is 0 Å². The lowest BCUT2D eigenvalue weighted by Crippen LogP contribution is -2.26. The summed E-state index contributed by atoms with van der Waals surface area (Å²) in [6.45, 7) is 9.72. The summed E-state index contributed by atoms with van der Waals surface area (Å²) in [5, 5.41) is 25.0. The second kappa shape index (κ2) is 12.0. The Hall–Kier alpha value is -3.33. The van der Waals surface area contributed by atoms with Crippen LogP contribution in [0.15, 0.2) is 43.2 Å². The highest BCUT2D eigenvalue weighted by molar-refractivity contribution is 14.1. The van der Waals surface area contributed by atoms with Gasteiger partial charge < -0.3 is 14.2 Å². The topological polar surface area (TPSA) is 121 Å². The van der Waals surface area contributed by atoms with Gasteiger partial charge in [0.1, 0.15) is 36.2 Å². The van der Waals surface area contributed by atoms with Gasteiger partial charge in [-0.1, -0.05) is 19.6 Å². The monoisotopic (exact) mass is 665 g/mol. The third kappa shape index (κ3) is 6.04. The maximum atomic E-state index is 9.67. The largest absolute Gasteiger partial charge is 0.361 e. The maximum Gasteiger partial charge on any atom is 0.147 e. The average Bonchev–Trinajstić information content (AvgIpc) is 3.69. The Kier molecular flexibility index (Phi) is 8.49. The van der Waals surface area contributed by atoms with Gasteiger partial charge in [0.15, 0.2) is 0 Å². The molecule has 12 heteroatoms. The molecule has 4 aromatic heterocycles. The van der Waals surface area contributed by atoms with Crippen molar-refractivity contribution in [3.8, 4) is 23.4 Å². The molecule has 4 aromatic rings. The number of nitriles is 2. The van der Waals surface area contributed by atoms with Crippen LogP contribution in [-0.4, -0.2) is 57.1 Å². The number of ether oxygens (including phenoxy) is 1. The zero-order chi connectivity index (χ0) is 28.3. The maximum absolute atomic E-state index is 9.67. The number of pyridine rings is 1. The van der Waals surface area contributed by atoms with E-state index in [0.29, 0.717) is 31.1 Å². The molecule has 0 aliphatic carbocycles. The van der Waals surface area contributed by atoms with Gasteiger partial charge >= 0.3 is 0 Å². The number of hydrogen-bond acceptors (Lipinski definition) is 8. The molecule has 1 aliphatic heterocycles. The fourth-order valence-corrected chi connectivity index (χ4v) is 6.43. The number of anilines is 1. The minimum absolute atomic E-state index is 0.0984. The Labute approximate surface area is 248 Å². The number of rotatable bonds is 10. The molecule has 40 heavy (non-hydrogen) atoms. The summed E-state index contributed by atoms with van der Waals surface area (Å²) in [6.07, 6.45) is 10.3. The van der Waals surface area contributed by atoms with Gasteiger partial charge in [0.25, 0.3) is 0 Å². The summed E-state index contributed by atoms with van der Waals surface area (Å²) in [4.78, 5) is 15.8. The van der Waals surface area contributed by atoms with Crippen LogP contribution in [-0.2, 0) is 11.5 Å². The minimum atomic E-state index is -1.15. The molecule has 0 unspecified atom stereocenters. The summed E-state index contributed by atoms with van der Waals surface area (Å²) < 4.78 is 10.8. The third-order valence-corrected chi connectivity index (χ3v) is 9.96. The van der Waals surface area contributed by atoms with Crippen LogP contribution in [0.4, 0.5) is 5.82 Å². The Morgan fingerprint density at radius 3 is 2.83 bits per heavy atom. The molecule has 0 radical (unpaired) electrons. The molecule has 5 rings (SSSR count). The molecule has 2 atom stereocenters. The normalized spacial score (nSPS) is 16.2. The number of hydrogen-bond donors (Lipinski definition) is 0. The Morgan fingerprint density at radius 2 is 2.05 bits per heavy atom. The van der Waals surface area contributed by atoms with Gasteiger partial charge in [-0.25, -0.2) is 15.0 Å². The molecular weight excluding hydrogens is 633 g/mol. The zero-order valence-electron chi connectivity index (χ0n) is 23.0. The highest BCUT2D eigenvalue weighted by atomic mass is 127. The van der Waals surface area contributed by atoms with E-state index >= 15 is 0 Å². The molecule has 206 valence electrons. The molecule has 0 N–H and O–H groups in total. The molecule has 0 bridgehead atoms. The highest BCUT2D eigenvalue weighted by Crippen LogP contribution is 2.35. The van der Waals surface area contributed by atoms with Crippen molar-refractivity contribution in [1.82, 2.24) is 29.3 Å². The molecule has 10 nitrogen and oxygen atoms in total.